The molecule has 0 aliphatic rings. The summed E-state index contributed by atoms with van der Waals surface area (Å²) in [6.45, 7) is 1.95. The molecule has 0 aliphatic carbocycles. The number of hydrogen-bond donors (Lipinski definition) is 2. The predicted octanol–water partition coefficient (Wildman–Crippen LogP) is 1.04. The van der Waals surface area contributed by atoms with Crippen LogP contribution in [-0.2, 0) is 0 Å². The Bertz CT molecular complexity index is 77.0. The maximum atomic E-state index is 8.38. The van der Waals surface area contributed by atoms with E-state index >= 15 is 0 Å². The van der Waals surface area contributed by atoms with Crippen LogP contribution in [-0.4, -0.2) is 16.5 Å². The van der Waals surface area contributed by atoms with Crippen molar-refractivity contribution in [2.24, 2.45) is 0 Å². The second-order valence-electron chi connectivity index (χ2n) is 1.98. The van der Waals surface area contributed by atoms with Gasteiger partial charge >= 0.3 is 0 Å². The molecule has 0 amide bonds. The van der Waals surface area contributed by atoms with Gasteiger partial charge in [-0.3, -0.25) is 0 Å². The van der Waals surface area contributed by atoms with Crippen molar-refractivity contribution < 1.29 is 10.2 Å². The molecule has 0 aromatic heterocycles. The van der Waals surface area contributed by atoms with Gasteiger partial charge in [-0.05, 0) is 26.2 Å². The summed E-state index contributed by atoms with van der Waals surface area (Å²) in [5.41, 5.74) is 0. The number of aliphatic hydroxyl groups excluding tert-OH is 1. The molecule has 0 bridgehead atoms. The first-order valence-corrected chi connectivity index (χ1v) is 3.24. The Kier molecular flexibility index (Phi) is 5.57. The zero-order chi connectivity index (χ0) is 7.11. The van der Waals surface area contributed by atoms with E-state index in [2.05, 4.69) is 0 Å². The Hall–Kier alpha value is -0.340. The fourth-order valence-electron chi connectivity index (χ4n) is 0.585. The summed E-state index contributed by atoms with van der Waals surface area (Å²) in [5, 5.41) is 16.8. The summed E-state index contributed by atoms with van der Waals surface area (Å²) in [7, 11) is 0. The lowest BCUT2D eigenvalue weighted by Gasteiger charge is -1.98. The SMILES string of the molecule is C/C=C\CCCC(O)O. The minimum absolute atomic E-state index is 0.477. The fraction of sp³-hybridized carbons (Fsp3) is 0.714. The molecule has 0 spiro atoms. The average Bonchev–Trinajstić information content (AvgIpc) is 1.80. The summed E-state index contributed by atoms with van der Waals surface area (Å²) in [6.07, 6.45) is 5.11. The largest absolute Gasteiger partial charge is 0.368 e. The number of unbranched alkanes of at least 4 members (excludes halogenated alkanes) is 1. The van der Waals surface area contributed by atoms with E-state index in [0.29, 0.717) is 6.42 Å². The molecule has 0 radical (unpaired) electrons. The van der Waals surface area contributed by atoms with Crippen molar-refractivity contribution in [1.82, 2.24) is 0 Å². The van der Waals surface area contributed by atoms with Crippen molar-refractivity contribution >= 4 is 0 Å². The van der Waals surface area contributed by atoms with Crippen molar-refractivity contribution in [3.63, 3.8) is 0 Å². The van der Waals surface area contributed by atoms with Crippen LogP contribution in [0.1, 0.15) is 26.2 Å². The van der Waals surface area contributed by atoms with Gasteiger partial charge in [0.05, 0.1) is 0 Å². The van der Waals surface area contributed by atoms with Crippen LogP contribution in [0, 0.1) is 0 Å². The van der Waals surface area contributed by atoms with Crippen molar-refractivity contribution in [3.8, 4) is 0 Å². The molecule has 0 rings (SSSR count). The molecule has 2 heteroatoms. The van der Waals surface area contributed by atoms with Crippen LogP contribution in [0.5, 0.6) is 0 Å². The molecule has 9 heavy (non-hydrogen) atoms. The van der Waals surface area contributed by atoms with E-state index < -0.39 is 6.29 Å². The molecule has 0 aliphatic heterocycles. The Morgan fingerprint density at radius 3 is 2.56 bits per heavy atom. The van der Waals surface area contributed by atoms with Gasteiger partial charge < -0.3 is 10.2 Å². The zero-order valence-electron chi connectivity index (χ0n) is 5.75. The van der Waals surface area contributed by atoms with Crippen LogP contribution in [0.15, 0.2) is 12.2 Å². The lowest BCUT2D eigenvalue weighted by atomic mass is 10.2. The smallest absolute Gasteiger partial charge is 0.151 e. The van der Waals surface area contributed by atoms with E-state index in [-0.39, 0.29) is 0 Å². The lowest BCUT2D eigenvalue weighted by molar-refractivity contribution is -0.0460. The molecule has 0 fully saturated rings. The standard InChI is InChI=1S/C7H14O2/c1-2-3-4-5-6-7(8)9/h2-3,7-9H,4-6H2,1H3/b3-2-. The van der Waals surface area contributed by atoms with Gasteiger partial charge in [-0.2, -0.15) is 0 Å². The highest BCUT2D eigenvalue weighted by atomic mass is 16.5. The van der Waals surface area contributed by atoms with Crippen LogP contribution in [0.2, 0.25) is 0 Å². The second kappa shape index (κ2) is 5.79. The Labute approximate surface area is 55.8 Å². The summed E-state index contributed by atoms with van der Waals surface area (Å²) in [6, 6.07) is 0. The summed E-state index contributed by atoms with van der Waals surface area (Å²) < 4.78 is 0. The van der Waals surface area contributed by atoms with Crippen LogP contribution >= 0.6 is 0 Å². The van der Waals surface area contributed by atoms with Crippen molar-refractivity contribution in [2.75, 3.05) is 0 Å². The highest BCUT2D eigenvalue weighted by Gasteiger charge is 1.93. The third-order valence-corrected chi connectivity index (χ3v) is 1.07. The van der Waals surface area contributed by atoms with Crippen molar-refractivity contribution in [3.05, 3.63) is 12.2 Å². The van der Waals surface area contributed by atoms with E-state index in [1.807, 2.05) is 19.1 Å². The van der Waals surface area contributed by atoms with Crippen LogP contribution in [0.25, 0.3) is 0 Å². The van der Waals surface area contributed by atoms with Crippen molar-refractivity contribution in [1.29, 1.82) is 0 Å². The molecule has 0 unspecified atom stereocenters. The maximum Gasteiger partial charge on any atom is 0.151 e. The summed E-state index contributed by atoms with van der Waals surface area (Å²) in [5.74, 6) is 0. The number of aliphatic hydroxyl groups is 2. The number of rotatable bonds is 4. The quantitative estimate of drug-likeness (QED) is 0.339. The first-order chi connectivity index (χ1) is 4.27. The molecular weight excluding hydrogens is 116 g/mol. The third-order valence-electron chi connectivity index (χ3n) is 1.07. The van der Waals surface area contributed by atoms with Gasteiger partial charge in [-0.1, -0.05) is 12.2 Å². The van der Waals surface area contributed by atoms with Crippen LogP contribution < -0.4 is 0 Å². The molecule has 0 saturated heterocycles. The van der Waals surface area contributed by atoms with E-state index in [1.54, 1.807) is 0 Å². The van der Waals surface area contributed by atoms with Gasteiger partial charge in [0.15, 0.2) is 6.29 Å². The maximum absolute atomic E-state index is 8.38. The molecule has 2 N–H and O–H groups in total. The van der Waals surface area contributed by atoms with Crippen LogP contribution in [0.3, 0.4) is 0 Å². The average molecular weight is 130 g/mol. The predicted molar refractivity (Wildman–Crippen MR) is 36.9 cm³/mol. The fourth-order valence-corrected chi connectivity index (χ4v) is 0.585. The molecule has 0 heterocycles. The lowest BCUT2D eigenvalue weighted by Crippen LogP contribution is -2.02. The van der Waals surface area contributed by atoms with Crippen LogP contribution in [0.4, 0.5) is 0 Å². The van der Waals surface area contributed by atoms with Gasteiger partial charge in [-0.15, -0.1) is 0 Å². The molecule has 0 aromatic rings. The van der Waals surface area contributed by atoms with Gasteiger partial charge in [-0.25, -0.2) is 0 Å². The van der Waals surface area contributed by atoms with E-state index in [1.165, 1.54) is 0 Å². The second-order valence-corrected chi connectivity index (χ2v) is 1.98. The summed E-state index contributed by atoms with van der Waals surface area (Å²) >= 11 is 0. The molecular formula is C7H14O2. The minimum Gasteiger partial charge on any atom is -0.368 e. The summed E-state index contributed by atoms with van der Waals surface area (Å²) in [4.78, 5) is 0. The first kappa shape index (κ1) is 8.66. The zero-order valence-corrected chi connectivity index (χ0v) is 5.75. The van der Waals surface area contributed by atoms with E-state index in [0.717, 1.165) is 12.8 Å². The highest BCUT2D eigenvalue weighted by molar-refractivity contribution is 4.76. The number of hydrogen-bond acceptors (Lipinski definition) is 2. The molecule has 0 aromatic carbocycles. The Morgan fingerprint density at radius 1 is 1.44 bits per heavy atom. The van der Waals surface area contributed by atoms with Gasteiger partial charge in [0.2, 0.25) is 0 Å². The molecule has 54 valence electrons. The Morgan fingerprint density at radius 2 is 2.11 bits per heavy atom. The Balaban J connectivity index is 2.91. The molecule has 0 saturated carbocycles. The third kappa shape index (κ3) is 7.66. The normalized spacial score (nSPS) is 11.6. The minimum atomic E-state index is -1.13. The van der Waals surface area contributed by atoms with Gasteiger partial charge in [0.1, 0.15) is 0 Å². The molecule has 0 atom stereocenters. The highest BCUT2D eigenvalue weighted by Crippen LogP contribution is 1.98. The van der Waals surface area contributed by atoms with E-state index in [4.69, 9.17) is 10.2 Å². The monoisotopic (exact) mass is 130 g/mol. The number of allylic oxidation sites excluding steroid dienone is 2. The first-order valence-electron chi connectivity index (χ1n) is 3.24. The molecule has 2 nitrogen and oxygen atoms in total. The van der Waals surface area contributed by atoms with Gasteiger partial charge in [0, 0.05) is 0 Å². The van der Waals surface area contributed by atoms with E-state index in [9.17, 15) is 0 Å². The van der Waals surface area contributed by atoms with Gasteiger partial charge in [0.25, 0.3) is 0 Å². The van der Waals surface area contributed by atoms with Crippen molar-refractivity contribution in [2.45, 2.75) is 32.5 Å². The topological polar surface area (TPSA) is 40.5 Å².